The minimum Gasteiger partial charge on any atom is -0.488 e. The molecular weight excluding hydrogens is 830 g/mol. The van der Waals surface area contributed by atoms with Crippen LogP contribution in [0.4, 0.5) is 24.5 Å². The number of aromatic nitrogens is 1. The third-order valence-electron chi connectivity index (χ3n) is 14.6. The average molecular weight is 881 g/mol. The van der Waals surface area contributed by atoms with E-state index in [9.17, 15) is 42.4 Å². The van der Waals surface area contributed by atoms with Gasteiger partial charge < -0.3 is 19.4 Å². The average Bonchev–Trinajstić information content (AvgIpc) is 3.69. The van der Waals surface area contributed by atoms with Crippen molar-refractivity contribution in [3.63, 3.8) is 0 Å². The molecule has 1 aromatic heterocycles. The molecule has 4 fully saturated rings. The number of imide groups is 2. The smallest absolute Gasteiger partial charge is 0.419 e. The Bertz CT molecular complexity index is 2500. The van der Waals surface area contributed by atoms with Crippen LogP contribution in [0, 0.1) is 27.6 Å². The molecule has 5 amide bonds. The predicted molar refractivity (Wildman–Crippen MR) is 227 cm³/mol. The summed E-state index contributed by atoms with van der Waals surface area (Å²) in [6.07, 6.45) is -2.08. The summed E-state index contributed by atoms with van der Waals surface area (Å²) < 4.78 is 47.2. The number of benzene rings is 2. The Labute approximate surface area is 369 Å². The minimum absolute atomic E-state index is 0.0714. The van der Waals surface area contributed by atoms with Crippen LogP contribution in [0.5, 0.6) is 5.75 Å². The lowest BCUT2D eigenvalue weighted by Crippen LogP contribution is -2.74. The second-order valence-corrected chi connectivity index (χ2v) is 19.7. The van der Waals surface area contributed by atoms with E-state index in [-0.39, 0.29) is 47.1 Å². The maximum absolute atomic E-state index is 14.0. The molecule has 1 aliphatic carbocycles. The van der Waals surface area contributed by atoms with Crippen molar-refractivity contribution in [1.82, 2.24) is 25.0 Å². The zero-order chi connectivity index (χ0) is 45.7. The van der Waals surface area contributed by atoms with Gasteiger partial charge in [0.25, 0.3) is 17.7 Å². The Morgan fingerprint density at radius 2 is 1.44 bits per heavy atom. The molecule has 9 rings (SSSR count). The molecule has 1 saturated carbocycles. The van der Waals surface area contributed by atoms with Crippen LogP contribution < -0.4 is 19.9 Å². The van der Waals surface area contributed by atoms with Gasteiger partial charge in [-0.2, -0.15) is 18.4 Å². The number of halogens is 3. The lowest BCUT2D eigenvalue weighted by molar-refractivity contribution is -0.199. The first-order valence-electron chi connectivity index (χ1n) is 21.9. The lowest BCUT2D eigenvalue weighted by Gasteiger charge is -2.65. The van der Waals surface area contributed by atoms with E-state index in [2.05, 4.69) is 38.0 Å². The molecule has 64 heavy (non-hydrogen) atoms. The molecule has 0 bridgehead atoms. The second kappa shape index (κ2) is 15.3. The van der Waals surface area contributed by atoms with Gasteiger partial charge in [0, 0.05) is 92.6 Å². The third kappa shape index (κ3) is 7.23. The van der Waals surface area contributed by atoms with Gasteiger partial charge in [0.05, 0.1) is 22.9 Å². The number of anilines is 2. The largest absolute Gasteiger partial charge is 0.488 e. The summed E-state index contributed by atoms with van der Waals surface area (Å²) in [5.41, 5.74) is 1.06. The monoisotopic (exact) mass is 880 g/mol. The van der Waals surface area contributed by atoms with E-state index in [4.69, 9.17) is 4.74 Å². The number of nitrogens with one attached hydrogen (secondary N) is 1. The van der Waals surface area contributed by atoms with E-state index in [0.717, 1.165) is 92.8 Å². The van der Waals surface area contributed by atoms with Crippen molar-refractivity contribution in [2.45, 2.75) is 91.2 Å². The predicted octanol–water partition coefficient (Wildman–Crippen LogP) is 5.64. The number of carbonyl (C=O) groups is 5. The van der Waals surface area contributed by atoms with Gasteiger partial charge in [-0.25, -0.2) is 4.98 Å². The number of hydrogen-bond donors (Lipinski definition) is 1. The van der Waals surface area contributed by atoms with Gasteiger partial charge in [0.1, 0.15) is 24.0 Å². The van der Waals surface area contributed by atoms with E-state index < -0.39 is 64.0 Å². The molecule has 5 aliphatic heterocycles. The number of amides is 5. The number of hydrogen-bond acceptors (Lipinski definition) is 11. The number of carbonyl (C=O) groups excluding carboxylic acids is 5. The fraction of sp³-hybridized carbons (Fsp3) is 0.511. The van der Waals surface area contributed by atoms with Crippen molar-refractivity contribution in [3.05, 3.63) is 82.2 Å². The van der Waals surface area contributed by atoms with Crippen LogP contribution in [0.2, 0.25) is 0 Å². The summed E-state index contributed by atoms with van der Waals surface area (Å²) >= 11 is 0. The highest BCUT2D eigenvalue weighted by atomic mass is 19.4. The molecule has 336 valence electrons. The van der Waals surface area contributed by atoms with Gasteiger partial charge in [-0.1, -0.05) is 34.6 Å². The van der Waals surface area contributed by atoms with Gasteiger partial charge in [0.15, 0.2) is 5.69 Å². The van der Waals surface area contributed by atoms with Crippen molar-refractivity contribution in [2.24, 2.45) is 16.2 Å². The highest BCUT2D eigenvalue weighted by molar-refractivity contribution is 6.23. The number of ether oxygens (including phenoxy) is 1. The molecule has 0 spiro atoms. The number of piperazine rings is 1. The molecule has 6 heterocycles. The number of pyridine rings is 1. The van der Waals surface area contributed by atoms with Gasteiger partial charge in [-0.3, -0.25) is 39.1 Å². The first-order valence-corrected chi connectivity index (χ1v) is 21.9. The van der Waals surface area contributed by atoms with Crippen molar-refractivity contribution < 1.29 is 41.9 Å². The Hall–Kier alpha value is -6.02. The lowest BCUT2D eigenvalue weighted by atomic mass is 9.49. The van der Waals surface area contributed by atoms with Crippen LogP contribution in [0.3, 0.4) is 0 Å². The Balaban J connectivity index is 0.783. The first kappa shape index (κ1) is 43.2. The summed E-state index contributed by atoms with van der Waals surface area (Å²) in [5.74, 6) is -2.21. The zero-order valence-corrected chi connectivity index (χ0v) is 36.6. The number of nitriles is 1. The van der Waals surface area contributed by atoms with Crippen LogP contribution in [0.15, 0.2) is 48.7 Å². The summed E-state index contributed by atoms with van der Waals surface area (Å²) in [7, 11) is 0. The Morgan fingerprint density at radius 3 is 2.08 bits per heavy atom. The SMILES string of the molecule is CC1(CN2CCN(c3ccc4c(c3)CN([C@H]3C(C)(C)[C@H](Oc5cnc(C#N)c(C(F)(F)F)c5)C3(C)C)C4=O)CC2)CCN(c2ccc3c(c2)C(=O)N(C2CCC(=O)NC2=O)C3=O)CC1. The summed E-state index contributed by atoms with van der Waals surface area (Å²) in [6, 6.07) is 12.4. The highest BCUT2D eigenvalue weighted by Gasteiger charge is 2.67. The number of rotatable bonds is 8. The van der Waals surface area contributed by atoms with Crippen LogP contribution in [-0.2, 0) is 22.3 Å². The van der Waals surface area contributed by atoms with Crippen LogP contribution in [-0.4, -0.2) is 113 Å². The number of nitrogens with zero attached hydrogens (tertiary/aromatic N) is 7. The first-order chi connectivity index (χ1) is 30.2. The van der Waals surface area contributed by atoms with E-state index in [1.54, 1.807) is 12.1 Å². The van der Waals surface area contributed by atoms with Crippen LogP contribution in [0.25, 0.3) is 0 Å². The molecule has 14 nitrogen and oxygen atoms in total. The molecule has 3 saturated heterocycles. The second-order valence-electron chi connectivity index (χ2n) is 19.7. The van der Waals surface area contributed by atoms with Crippen molar-refractivity contribution >= 4 is 40.9 Å². The maximum Gasteiger partial charge on any atom is 0.419 e. The number of alkyl halides is 3. The molecule has 1 N–H and O–H groups in total. The molecule has 1 atom stereocenters. The Morgan fingerprint density at radius 1 is 0.812 bits per heavy atom. The molecular formula is C47H51F3N8O6. The minimum atomic E-state index is -4.76. The molecule has 0 radical (unpaired) electrons. The fourth-order valence-electron chi connectivity index (χ4n) is 11.7. The van der Waals surface area contributed by atoms with Gasteiger partial charge >= 0.3 is 6.18 Å². The van der Waals surface area contributed by atoms with Crippen molar-refractivity contribution in [3.8, 4) is 11.8 Å². The quantitative estimate of drug-likeness (QED) is 0.279. The Kier molecular flexibility index (Phi) is 10.3. The van der Waals surface area contributed by atoms with Crippen molar-refractivity contribution in [1.29, 1.82) is 5.26 Å². The van der Waals surface area contributed by atoms with Crippen molar-refractivity contribution in [2.75, 3.05) is 55.6 Å². The molecule has 2 aromatic carbocycles. The molecule has 6 aliphatic rings. The van der Waals surface area contributed by atoms with Gasteiger partial charge in [-0.15, -0.1) is 0 Å². The number of piperidine rings is 2. The standard InChI is InChI=1S/C47H51F3N8O6/c1-44(2)42(45(3,4)43(44)64-30-22-34(47(48,49)50)35(23-51)52-24-30)57-25-27-20-28(6-8-31(27)39(57)61)56-18-16-54(17-19-56)26-46(5)12-14-55(15-13-46)29-7-9-32-33(21-29)41(63)58(40(32)62)36-10-11-37(59)53-38(36)60/h6-9,20-22,24,36,42-43H,10-19,25-26H2,1-5H3,(H,53,59,60)/t36?,42-,43-. The normalized spacial score (nSPS) is 25.2. The molecule has 17 heteroatoms. The third-order valence-corrected chi connectivity index (χ3v) is 14.6. The topological polar surface area (TPSA) is 159 Å². The molecule has 1 unspecified atom stereocenters. The van der Waals surface area contributed by atoms with E-state index in [1.165, 1.54) is 6.07 Å². The molecule has 3 aromatic rings. The van der Waals surface area contributed by atoms with E-state index in [0.29, 0.717) is 12.1 Å². The van der Waals surface area contributed by atoms with Gasteiger partial charge in [0.2, 0.25) is 11.8 Å². The van der Waals surface area contributed by atoms with E-state index in [1.807, 2.05) is 50.8 Å². The van der Waals surface area contributed by atoms with Crippen LogP contribution in [0.1, 0.15) is 108 Å². The van der Waals surface area contributed by atoms with Gasteiger partial charge in [-0.05, 0) is 72.7 Å². The highest BCUT2D eigenvalue weighted by Crippen LogP contribution is 2.59. The number of fused-ring (bicyclic) bond motifs is 2. The fourth-order valence-corrected chi connectivity index (χ4v) is 11.7. The van der Waals surface area contributed by atoms with Crippen LogP contribution >= 0.6 is 0 Å². The van der Waals surface area contributed by atoms with E-state index >= 15 is 0 Å². The summed E-state index contributed by atoms with van der Waals surface area (Å²) in [6.45, 7) is 16.6. The zero-order valence-electron chi connectivity index (χ0n) is 36.6. The summed E-state index contributed by atoms with van der Waals surface area (Å²) in [5, 5.41) is 11.4. The maximum atomic E-state index is 14.0. The summed E-state index contributed by atoms with van der Waals surface area (Å²) in [4.78, 5) is 78.5.